The Morgan fingerprint density at radius 3 is 2.65 bits per heavy atom. The highest BCUT2D eigenvalue weighted by molar-refractivity contribution is 9.10. The van der Waals surface area contributed by atoms with Gasteiger partial charge in [0.05, 0.1) is 5.69 Å². The first-order valence-corrected chi connectivity index (χ1v) is 8.65. The van der Waals surface area contributed by atoms with Gasteiger partial charge in [0.2, 0.25) is 5.88 Å². The zero-order valence-corrected chi connectivity index (χ0v) is 15.1. The highest BCUT2D eigenvalue weighted by atomic mass is 79.9. The number of anilines is 3. The van der Waals surface area contributed by atoms with Crippen molar-refractivity contribution in [2.24, 2.45) is 0 Å². The summed E-state index contributed by atoms with van der Waals surface area (Å²) in [6.45, 7) is 0. The molecule has 0 bridgehead atoms. The van der Waals surface area contributed by atoms with Gasteiger partial charge in [-0.25, -0.2) is 4.98 Å². The van der Waals surface area contributed by atoms with E-state index in [9.17, 15) is 0 Å². The van der Waals surface area contributed by atoms with E-state index in [-0.39, 0.29) is 5.88 Å². The van der Waals surface area contributed by atoms with Crippen LogP contribution < -0.4 is 15.8 Å². The fourth-order valence-corrected chi connectivity index (χ4v) is 2.90. The van der Waals surface area contributed by atoms with Crippen molar-refractivity contribution in [2.75, 3.05) is 11.1 Å². The lowest BCUT2D eigenvalue weighted by atomic mass is 10.2. The maximum Gasteiger partial charge on any atom is 0.248 e. The summed E-state index contributed by atoms with van der Waals surface area (Å²) >= 11 is 3.49. The summed E-state index contributed by atoms with van der Waals surface area (Å²) in [6, 6.07) is 17.3. The summed E-state index contributed by atoms with van der Waals surface area (Å²) in [7, 11) is 0. The first-order chi connectivity index (χ1) is 12.7. The highest BCUT2D eigenvalue weighted by Crippen LogP contribution is 2.34. The van der Waals surface area contributed by atoms with E-state index in [4.69, 9.17) is 10.5 Å². The number of nitrogens with one attached hydrogen (secondary N) is 1. The molecule has 0 aliphatic rings. The van der Waals surface area contributed by atoms with Crippen LogP contribution in [0.5, 0.6) is 11.6 Å². The predicted octanol–water partition coefficient (Wildman–Crippen LogP) is 4.91. The van der Waals surface area contributed by atoms with Crippen LogP contribution in [0.15, 0.2) is 71.6 Å². The summed E-state index contributed by atoms with van der Waals surface area (Å²) in [5, 5.41) is 4.16. The lowest BCUT2D eigenvalue weighted by Crippen LogP contribution is -2.03. The minimum atomic E-state index is 0.271. The first kappa shape index (κ1) is 16.3. The van der Waals surface area contributed by atoms with E-state index in [0.29, 0.717) is 17.3 Å². The number of benzene rings is 2. The smallest absolute Gasteiger partial charge is 0.248 e. The van der Waals surface area contributed by atoms with Crippen LogP contribution in [0, 0.1) is 0 Å². The number of halogens is 1. The molecule has 0 atom stereocenters. The van der Waals surface area contributed by atoms with Gasteiger partial charge in [-0.15, -0.1) is 0 Å². The van der Waals surface area contributed by atoms with Crippen molar-refractivity contribution in [3.8, 4) is 11.6 Å². The van der Waals surface area contributed by atoms with Crippen molar-refractivity contribution in [3.63, 3.8) is 0 Å². The van der Waals surface area contributed by atoms with Crippen LogP contribution in [0.1, 0.15) is 0 Å². The third-order valence-electron chi connectivity index (χ3n) is 3.78. The molecule has 128 valence electrons. The maximum absolute atomic E-state index is 6.22. The molecule has 0 radical (unpaired) electrons. The van der Waals surface area contributed by atoms with Crippen molar-refractivity contribution in [3.05, 3.63) is 71.6 Å². The third-order valence-corrected chi connectivity index (χ3v) is 4.47. The van der Waals surface area contributed by atoms with E-state index >= 15 is 0 Å². The predicted molar refractivity (Wildman–Crippen MR) is 106 cm³/mol. The Labute approximate surface area is 158 Å². The first-order valence-electron chi connectivity index (χ1n) is 7.86. The molecule has 0 fully saturated rings. The number of nitrogens with two attached hydrogens (primary N) is 1. The molecule has 2 aromatic carbocycles. The molecule has 0 saturated heterocycles. The number of ether oxygens (including phenoxy) is 1. The molecule has 6 nitrogen and oxygen atoms in total. The van der Waals surface area contributed by atoms with Crippen LogP contribution in [-0.2, 0) is 0 Å². The summed E-state index contributed by atoms with van der Waals surface area (Å²) < 4.78 is 6.84. The SMILES string of the molecule is Nc1c(Nc2ccccc2Br)ncnc1Oc1cccc2cccnc12. The third kappa shape index (κ3) is 3.16. The molecule has 0 amide bonds. The number of hydrogen-bond acceptors (Lipinski definition) is 6. The van der Waals surface area contributed by atoms with Gasteiger partial charge in [0, 0.05) is 16.1 Å². The normalized spacial score (nSPS) is 10.7. The molecular formula is C19H14BrN5O. The van der Waals surface area contributed by atoms with Crippen molar-refractivity contribution in [1.29, 1.82) is 0 Å². The van der Waals surface area contributed by atoms with E-state index in [1.54, 1.807) is 6.20 Å². The van der Waals surface area contributed by atoms with Crippen molar-refractivity contribution in [1.82, 2.24) is 15.0 Å². The lowest BCUT2D eigenvalue weighted by Gasteiger charge is -2.13. The van der Waals surface area contributed by atoms with Gasteiger partial charge in [0.1, 0.15) is 17.5 Å². The van der Waals surface area contributed by atoms with E-state index in [0.717, 1.165) is 21.1 Å². The number of hydrogen-bond donors (Lipinski definition) is 2. The quantitative estimate of drug-likeness (QED) is 0.499. The zero-order valence-electron chi connectivity index (χ0n) is 13.6. The monoisotopic (exact) mass is 407 g/mol. The van der Waals surface area contributed by atoms with E-state index < -0.39 is 0 Å². The van der Waals surface area contributed by atoms with Crippen LogP contribution in [0.4, 0.5) is 17.2 Å². The van der Waals surface area contributed by atoms with Gasteiger partial charge in [-0.05, 0) is 40.2 Å². The molecule has 7 heteroatoms. The summed E-state index contributed by atoms with van der Waals surface area (Å²) in [6.07, 6.45) is 3.13. The molecule has 26 heavy (non-hydrogen) atoms. The second kappa shape index (κ2) is 6.97. The number of pyridine rings is 1. The van der Waals surface area contributed by atoms with Crippen LogP contribution in [0.25, 0.3) is 10.9 Å². The standard InChI is InChI=1S/C19H14BrN5O/c20-13-7-1-2-8-14(13)25-18-16(21)19(24-11-23-18)26-15-9-3-5-12-6-4-10-22-17(12)15/h1-11H,21H2,(H,23,24,25). The topological polar surface area (TPSA) is 86.0 Å². The Bertz CT molecular complexity index is 1080. The maximum atomic E-state index is 6.22. The van der Waals surface area contributed by atoms with Gasteiger partial charge in [-0.1, -0.05) is 30.3 Å². The Hall–Kier alpha value is -3.19. The molecule has 3 N–H and O–H groups in total. The highest BCUT2D eigenvalue weighted by Gasteiger charge is 2.13. The molecule has 0 spiro atoms. The Morgan fingerprint density at radius 1 is 0.923 bits per heavy atom. The molecule has 0 aliphatic heterocycles. The minimum absolute atomic E-state index is 0.271. The Kier molecular flexibility index (Phi) is 4.37. The van der Waals surface area contributed by atoms with Gasteiger partial charge in [0.25, 0.3) is 0 Å². The van der Waals surface area contributed by atoms with Crippen LogP contribution in [0.2, 0.25) is 0 Å². The van der Waals surface area contributed by atoms with Crippen LogP contribution in [0.3, 0.4) is 0 Å². The minimum Gasteiger partial charge on any atom is -0.435 e. The molecule has 0 saturated carbocycles. The second-order valence-electron chi connectivity index (χ2n) is 5.48. The number of fused-ring (bicyclic) bond motifs is 1. The average Bonchev–Trinajstić information content (AvgIpc) is 2.67. The zero-order chi connectivity index (χ0) is 17.9. The van der Waals surface area contributed by atoms with Crippen molar-refractivity contribution in [2.45, 2.75) is 0 Å². The van der Waals surface area contributed by atoms with Gasteiger partial charge in [0.15, 0.2) is 11.6 Å². The number of nitrogens with zero attached hydrogens (tertiary/aromatic N) is 3. The molecule has 2 aromatic heterocycles. The van der Waals surface area contributed by atoms with E-state index in [1.807, 2.05) is 54.6 Å². The molecule has 0 aliphatic carbocycles. The summed E-state index contributed by atoms with van der Waals surface area (Å²) in [5.41, 5.74) is 8.13. The number of rotatable bonds is 4. The molecule has 4 aromatic rings. The lowest BCUT2D eigenvalue weighted by molar-refractivity contribution is 0.469. The van der Waals surface area contributed by atoms with E-state index in [2.05, 4.69) is 36.2 Å². The van der Waals surface area contributed by atoms with Crippen LogP contribution in [-0.4, -0.2) is 15.0 Å². The molecule has 2 heterocycles. The van der Waals surface area contributed by atoms with Gasteiger partial charge in [-0.3, -0.25) is 4.98 Å². The van der Waals surface area contributed by atoms with Crippen molar-refractivity contribution < 1.29 is 4.74 Å². The second-order valence-corrected chi connectivity index (χ2v) is 6.33. The van der Waals surface area contributed by atoms with Crippen molar-refractivity contribution >= 4 is 44.0 Å². The fourth-order valence-electron chi connectivity index (χ4n) is 2.51. The average molecular weight is 408 g/mol. The van der Waals surface area contributed by atoms with Gasteiger partial charge >= 0.3 is 0 Å². The summed E-state index contributed by atoms with van der Waals surface area (Å²) in [5.74, 6) is 1.32. The van der Waals surface area contributed by atoms with Gasteiger partial charge in [-0.2, -0.15) is 4.98 Å². The largest absolute Gasteiger partial charge is 0.435 e. The van der Waals surface area contributed by atoms with E-state index in [1.165, 1.54) is 6.33 Å². The van der Waals surface area contributed by atoms with Gasteiger partial charge < -0.3 is 15.8 Å². The molecule has 4 rings (SSSR count). The number of nitrogen functional groups attached to an aromatic ring is 1. The van der Waals surface area contributed by atoms with Crippen LogP contribution >= 0.6 is 15.9 Å². The Morgan fingerprint density at radius 2 is 1.77 bits per heavy atom. The molecular weight excluding hydrogens is 394 g/mol. The number of aromatic nitrogens is 3. The summed E-state index contributed by atoms with van der Waals surface area (Å²) in [4.78, 5) is 12.8. The molecule has 0 unspecified atom stereocenters. The Balaban J connectivity index is 1.69. The number of para-hydroxylation sites is 2. The fraction of sp³-hybridized carbons (Fsp3) is 0.